The SMILES string of the molecule is CNc1nc(C2CCCN(C(C)=O)C2)nc2c1CN(CC(=O)Nc1ccccc1F)CC2. The Kier molecular flexibility index (Phi) is 6.64. The van der Waals surface area contributed by atoms with E-state index in [4.69, 9.17) is 9.97 Å². The van der Waals surface area contributed by atoms with E-state index < -0.39 is 5.82 Å². The van der Waals surface area contributed by atoms with Crippen LogP contribution in [0.2, 0.25) is 0 Å². The zero-order chi connectivity index (χ0) is 22.7. The van der Waals surface area contributed by atoms with E-state index in [0.717, 1.165) is 42.3 Å². The fourth-order valence-corrected chi connectivity index (χ4v) is 4.44. The van der Waals surface area contributed by atoms with Crippen molar-refractivity contribution < 1.29 is 14.0 Å². The molecular weight excluding hydrogens is 411 g/mol. The number of nitrogens with one attached hydrogen (secondary N) is 2. The molecule has 2 aliphatic heterocycles. The third-order valence-electron chi connectivity index (χ3n) is 6.14. The number of aromatic nitrogens is 2. The number of hydrogen-bond acceptors (Lipinski definition) is 6. The van der Waals surface area contributed by atoms with Gasteiger partial charge in [-0.25, -0.2) is 14.4 Å². The number of nitrogens with zero attached hydrogens (tertiary/aromatic N) is 4. The number of benzene rings is 1. The summed E-state index contributed by atoms with van der Waals surface area (Å²) in [6.07, 6.45) is 2.62. The van der Waals surface area contributed by atoms with Gasteiger partial charge in [-0.15, -0.1) is 0 Å². The summed E-state index contributed by atoms with van der Waals surface area (Å²) >= 11 is 0. The molecule has 0 aliphatic carbocycles. The van der Waals surface area contributed by atoms with Gasteiger partial charge in [0, 0.05) is 58.1 Å². The Hall–Kier alpha value is -3.07. The molecule has 0 saturated carbocycles. The van der Waals surface area contributed by atoms with E-state index in [1.807, 2.05) is 16.8 Å². The van der Waals surface area contributed by atoms with E-state index in [2.05, 4.69) is 10.6 Å². The van der Waals surface area contributed by atoms with Crippen LogP contribution in [0.15, 0.2) is 24.3 Å². The van der Waals surface area contributed by atoms with Crippen molar-refractivity contribution in [2.75, 3.05) is 43.9 Å². The zero-order valence-electron chi connectivity index (χ0n) is 18.5. The first-order valence-electron chi connectivity index (χ1n) is 11.0. The summed E-state index contributed by atoms with van der Waals surface area (Å²) in [5.74, 6) is 1.07. The van der Waals surface area contributed by atoms with Gasteiger partial charge in [0.1, 0.15) is 17.5 Å². The minimum absolute atomic E-state index is 0.0887. The number of fused-ring (bicyclic) bond motifs is 1. The maximum atomic E-state index is 13.8. The molecule has 1 aromatic carbocycles. The lowest BCUT2D eigenvalue weighted by atomic mass is 9.96. The maximum Gasteiger partial charge on any atom is 0.238 e. The number of para-hydroxylation sites is 1. The summed E-state index contributed by atoms with van der Waals surface area (Å²) in [5.41, 5.74) is 2.16. The molecule has 4 rings (SSSR count). The topological polar surface area (TPSA) is 90.5 Å². The first-order valence-corrected chi connectivity index (χ1v) is 11.0. The zero-order valence-corrected chi connectivity index (χ0v) is 18.5. The third kappa shape index (κ3) is 4.88. The van der Waals surface area contributed by atoms with Crippen LogP contribution in [-0.2, 0) is 22.6 Å². The standard InChI is InChI=1S/C23H29FN6O2/c1-15(31)30-10-5-6-16(12-30)22-27-19-9-11-29(13-17(19)23(25-2)28-22)14-21(32)26-20-8-4-3-7-18(20)24/h3-4,7-8,16H,5-6,9-14H2,1-2H3,(H,26,32)(H,25,27,28). The van der Waals surface area contributed by atoms with E-state index in [9.17, 15) is 14.0 Å². The number of rotatable bonds is 5. The normalized spacial score (nSPS) is 18.7. The highest BCUT2D eigenvalue weighted by atomic mass is 19.1. The van der Waals surface area contributed by atoms with E-state index in [1.54, 1.807) is 25.1 Å². The third-order valence-corrected chi connectivity index (χ3v) is 6.14. The molecule has 2 N–H and O–H groups in total. The van der Waals surface area contributed by atoms with Crippen molar-refractivity contribution >= 4 is 23.3 Å². The number of hydrogen-bond donors (Lipinski definition) is 2. The van der Waals surface area contributed by atoms with Crippen LogP contribution in [0.25, 0.3) is 0 Å². The Morgan fingerprint density at radius 1 is 1.22 bits per heavy atom. The van der Waals surface area contributed by atoms with E-state index in [1.165, 1.54) is 6.07 Å². The van der Waals surface area contributed by atoms with Crippen LogP contribution < -0.4 is 10.6 Å². The molecular formula is C23H29FN6O2. The van der Waals surface area contributed by atoms with Crippen LogP contribution in [0.3, 0.4) is 0 Å². The predicted octanol–water partition coefficient (Wildman–Crippen LogP) is 2.38. The minimum atomic E-state index is -0.450. The molecule has 3 heterocycles. The van der Waals surface area contributed by atoms with Gasteiger partial charge in [-0.1, -0.05) is 12.1 Å². The van der Waals surface area contributed by atoms with E-state index in [-0.39, 0.29) is 30.0 Å². The second-order valence-corrected chi connectivity index (χ2v) is 8.40. The van der Waals surface area contributed by atoms with Crippen LogP contribution in [0.1, 0.15) is 42.8 Å². The lowest BCUT2D eigenvalue weighted by Gasteiger charge is -2.33. The maximum absolute atomic E-state index is 13.8. The molecule has 2 aliphatic rings. The molecule has 0 spiro atoms. The highest BCUT2D eigenvalue weighted by molar-refractivity contribution is 5.92. The van der Waals surface area contributed by atoms with Gasteiger partial charge < -0.3 is 15.5 Å². The van der Waals surface area contributed by atoms with Crippen LogP contribution in [-0.4, -0.2) is 64.8 Å². The first-order chi connectivity index (χ1) is 15.4. The van der Waals surface area contributed by atoms with Gasteiger partial charge in [-0.2, -0.15) is 0 Å². The highest BCUT2D eigenvalue weighted by Gasteiger charge is 2.29. The van der Waals surface area contributed by atoms with Crippen LogP contribution in [0.5, 0.6) is 0 Å². The quantitative estimate of drug-likeness (QED) is 0.742. The smallest absolute Gasteiger partial charge is 0.238 e. The number of piperidine rings is 1. The highest BCUT2D eigenvalue weighted by Crippen LogP contribution is 2.30. The fourth-order valence-electron chi connectivity index (χ4n) is 4.44. The molecule has 0 bridgehead atoms. The van der Waals surface area contributed by atoms with Crippen molar-refractivity contribution in [1.82, 2.24) is 19.8 Å². The molecule has 1 unspecified atom stereocenters. The van der Waals surface area contributed by atoms with Crippen molar-refractivity contribution in [3.63, 3.8) is 0 Å². The second kappa shape index (κ2) is 9.60. The molecule has 2 aromatic rings. The van der Waals surface area contributed by atoms with Gasteiger partial charge in [0.25, 0.3) is 0 Å². The molecule has 0 radical (unpaired) electrons. The molecule has 1 atom stereocenters. The van der Waals surface area contributed by atoms with Crippen LogP contribution in [0.4, 0.5) is 15.9 Å². The van der Waals surface area contributed by atoms with Crippen molar-refractivity contribution in [1.29, 1.82) is 0 Å². The van der Waals surface area contributed by atoms with Gasteiger partial charge in [0.15, 0.2) is 0 Å². The van der Waals surface area contributed by atoms with Crippen molar-refractivity contribution in [2.24, 2.45) is 0 Å². The molecule has 1 aromatic heterocycles. The predicted molar refractivity (Wildman–Crippen MR) is 120 cm³/mol. The van der Waals surface area contributed by atoms with Gasteiger partial charge in [0.2, 0.25) is 11.8 Å². The molecule has 32 heavy (non-hydrogen) atoms. The first kappa shape index (κ1) is 22.1. The minimum Gasteiger partial charge on any atom is -0.373 e. The van der Waals surface area contributed by atoms with E-state index in [0.29, 0.717) is 26.1 Å². The summed E-state index contributed by atoms with van der Waals surface area (Å²) in [5, 5.41) is 5.82. The number of likely N-dealkylation sites (tertiary alicyclic amines) is 1. The average Bonchev–Trinajstić information content (AvgIpc) is 2.80. The largest absolute Gasteiger partial charge is 0.373 e. The molecule has 9 heteroatoms. The number of halogens is 1. The number of carbonyl (C=O) groups excluding carboxylic acids is 2. The van der Waals surface area contributed by atoms with Crippen molar-refractivity contribution in [3.8, 4) is 0 Å². The molecule has 2 amide bonds. The molecule has 170 valence electrons. The summed E-state index contributed by atoms with van der Waals surface area (Å²) in [4.78, 5) is 37.8. The number of carbonyl (C=O) groups is 2. The van der Waals surface area contributed by atoms with Gasteiger partial charge in [-0.05, 0) is 25.0 Å². The molecule has 1 saturated heterocycles. The Morgan fingerprint density at radius 2 is 2.03 bits per heavy atom. The average molecular weight is 441 g/mol. The van der Waals surface area contributed by atoms with Crippen LogP contribution >= 0.6 is 0 Å². The summed E-state index contributed by atoms with van der Waals surface area (Å²) in [6, 6.07) is 6.14. The fraction of sp³-hybridized carbons (Fsp3) is 0.478. The number of amides is 2. The van der Waals surface area contributed by atoms with Crippen molar-refractivity contribution in [3.05, 3.63) is 47.2 Å². The van der Waals surface area contributed by atoms with Gasteiger partial charge in [0.05, 0.1) is 17.9 Å². The Morgan fingerprint density at radius 3 is 2.78 bits per heavy atom. The lowest BCUT2D eigenvalue weighted by molar-refractivity contribution is -0.130. The summed E-state index contributed by atoms with van der Waals surface area (Å²) < 4.78 is 13.8. The molecule has 8 nitrogen and oxygen atoms in total. The van der Waals surface area contributed by atoms with Gasteiger partial charge in [-0.3, -0.25) is 14.5 Å². The number of anilines is 2. The van der Waals surface area contributed by atoms with Crippen molar-refractivity contribution in [2.45, 2.75) is 38.6 Å². The monoisotopic (exact) mass is 440 g/mol. The lowest BCUT2D eigenvalue weighted by Crippen LogP contribution is -2.39. The summed E-state index contributed by atoms with van der Waals surface area (Å²) in [6.45, 7) is 4.43. The second-order valence-electron chi connectivity index (χ2n) is 8.40. The van der Waals surface area contributed by atoms with E-state index >= 15 is 0 Å². The summed E-state index contributed by atoms with van der Waals surface area (Å²) in [7, 11) is 1.83. The Balaban J connectivity index is 1.46. The Bertz CT molecular complexity index is 997. The molecule has 1 fully saturated rings. The van der Waals surface area contributed by atoms with Gasteiger partial charge >= 0.3 is 0 Å². The Labute approximate surface area is 187 Å². The van der Waals surface area contributed by atoms with Crippen LogP contribution in [0, 0.1) is 5.82 Å².